The Morgan fingerprint density at radius 1 is 1.04 bits per heavy atom. The Kier molecular flexibility index (Phi) is 9.15. The number of aryl methyl sites for hydroxylation is 1. The highest BCUT2D eigenvalue weighted by Crippen LogP contribution is 2.46. The number of halogens is 3. The van der Waals surface area contributed by atoms with E-state index in [-0.39, 0.29) is 36.9 Å². The first-order valence-corrected chi connectivity index (χ1v) is 15.5. The monoisotopic (exact) mass is 636 g/mol. The number of piperazine rings is 1. The molecule has 4 aromatic rings. The average molecular weight is 637 g/mol. The predicted molar refractivity (Wildman–Crippen MR) is 160 cm³/mol. The lowest BCUT2D eigenvalue weighted by Crippen LogP contribution is -2.54. The van der Waals surface area contributed by atoms with Gasteiger partial charge in [-0.15, -0.1) is 5.10 Å². The largest absolute Gasteiger partial charge is 0.490 e. The molecule has 1 aliphatic heterocycles. The number of benzene rings is 2. The van der Waals surface area contributed by atoms with Crippen LogP contribution in [0.3, 0.4) is 0 Å². The summed E-state index contributed by atoms with van der Waals surface area (Å²) in [7, 11) is 0. The maximum Gasteiger partial charge on any atom is 0.490 e. The summed E-state index contributed by atoms with van der Waals surface area (Å²) < 4.78 is 48.3. The van der Waals surface area contributed by atoms with E-state index in [9.17, 15) is 22.8 Å². The number of rotatable bonds is 9. The fourth-order valence-corrected chi connectivity index (χ4v) is 6.77. The van der Waals surface area contributed by atoms with Gasteiger partial charge in [0.15, 0.2) is 5.69 Å². The van der Waals surface area contributed by atoms with Gasteiger partial charge in [-0.3, -0.25) is 4.79 Å². The van der Waals surface area contributed by atoms with E-state index in [4.69, 9.17) is 4.74 Å². The molecule has 2 aliphatic rings. The lowest BCUT2D eigenvalue weighted by molar-refractivity contribution is -0.221. The van der Waals surface area contributed by atoms with Crippen molar-refractivity contribution in [2.24, 2.45) is 0 Å². The molecule has 0 radical (unpaired) electrons. The summed E-state index contributed by atoms with van der Waals surface area (Å²) in [5, 5.41) is 17.0. The van der Waals surface area contributed by atoms with E-state index >= 15 is 0 Å². The second-order valence-electron chi connectivity index (χ2n) is 11.8. The Hall–Kier alpha value is -4.59. The molecular formula is C32H35F3N8O3. The smallest absolute Gasteiger partial charge is 0.450 e. The number of nitrogens with zero attached hydrogens (tertiary/aromatic N) is 6. The molecule has 2 N–H and O–H groups in total. The van der Waals surface area contributed by atoms with Gasteiger partial charge in [-0.1, -0.05) is 67.1 Å². The number of esters is 1. The fraction of sp³-hybridized carbons (Fsp3) is 0.438. The molecule has 0 unspecified atom stereocenters. The average Bonchev–Trinajstić information content (AvgIpc) is 3.75. The van der Waals surface area contributed by atoms with Gasteiger partial charge < -0.3 is 19.5 Å². The third kappa shape index (κ3) is 6.66. The lowest BCUT2D eigenvalue weighted by Gasteiger charge is -2.44. The first kappa shape index (κ1) is 31.4. The van der Waals surface area contributed by atoms with E-state index in [1.165, 1.54) is 6.33 Å². The van der Waals surface area contributed by atoms with E-state index in [0.717, 1.165) is 5.56 Å². The van der Waals surface area contributed by atoms with Crippen LogP contribution in [-0.4, -0.2) is 84.4 Å². The van der Waals surface area contributed by atoms with Crippen LogP contribution in [0.25, 0.3) is 11.3 Å². The number of aromatic nitrogens is 6. The highest BCUT2D eigenvalue weighted by Gasteiger charge is 2.52. The van der Waals surface area contributed by atoms with E-state index in [1.54, 1.807) is 4.57 Å². The van der Waals surface area contributed by atoms with Crippen molar-refractivity contribution >= 4 is 11.9 Å². The normalized spacial score (nSPS) is 22.0. The molecule has 1 amide bonds. The van der Waals surface area contributed by atoms with Crippen molar-refractivity contribution in [2.75, 3.05) is 19.6 Å². The second-order valence-corrected chi connectivity index (χ2v) is 11.8. The van der Waals surface area contributed by atoms with Crippen LogP contribution in [0.5, 0.6) is 0 Å². The van der Waals surface area contributed by atoms with Gasteiger partial charge in [0.1, 0.15) is 11.4 Å². The number of ether oxygens (including phenoxy) is 1. The quantitative estimate of drug-likeness (QED) is 0.260. The number of nitrogens with one attached hydrogen (secondary N) is 2. The van der Waals surface area contributed by atoms with Gasteiger partial charge in [0, 0.05) is 37.7 Å². The summed E-state index contributed by atoms with van der Waals surface area (Å²) in [6, 6.07) is 18.3. The maximum atomic E-state index is 14.4. The summed E-state index contributed by atoms with van der Waals surface area (Å²) in [6.45, 7) is 1.70. The maximum absolute atomic E-state index is 14.4. The van der Waals surface area contributed by atoms with Crippen LogP contribution in [0.4, 0.5) is 13.2 Å². The van der Waals surface area contributed by atoms with Crippen molar-refractivity contribution in [3.63, 3.8) is 0 Å². The highest BCUT2D eigenvalue weighted by molar-refractivity contribution is 5.98. The van der Waals surface area contributed by atoms with Crippen molar-refractivity contribution in [3.8, 4) is 11.3 Å². The van der Waals surface area contributed by atoms with Crippen LogP contribution in [0.2, 0.25) is 0 Å². The number of imidazole rings is 1. The summed E-state index contributed by atoms with van der Waals surface area (Å²) in [6.07, 6.45) is -1.01. The number of amides is 1. The molecule has 242 valence electrons. The molecule has 6 rings (SSSR count). The summed E-state index contributed by atoms with van der Waals surface area (Å²) in [4.78, 5) is 33.3. The molecule has 0 spiro atoms. The summed E-state index contributed by atoms with van der Waals surface area (Å²) in [5.41, 5.74) is 0.894. The molecule has 46 heavy (non-hydrogen) atoms. The molecule has 11 nitrogen and oxygen atoms in total. The molecule has 3 atom stereocenters. The van der Waals surface area contributed by atoms with E-state index in [1.807, 2.05) is 65.6 Å². The Balaban J connectivity index is 1.41. The van der Waals surface area contributed by atoms with Crippen molar-refractivity contribution in [3.05, 3.63) is 84.1 Å². The minimum absolute atomic E-state index is 0.0307. The van der Waals surface area contributed by atoms with Crippen LogP contribution >= 0.6 is 0 Å². The summed E-state index contributed by atoms with van der Waals surface area (Å²) in [5.74, 6) is -2.15. The molecule has 1 saturated carbocycles. The fourth-order valence-electron chi connectivity index (χ4n) is 6.77. The van der Waals surface area contributed by atoms with Crippen LogP contribution in [-0.2, 0) is 22.4 Å². The van der Waals surface area contributed by atoms with Gasteiger partial charge in [0.2, 0.25) is 0 Å². The van der Waals surface area contributed by atoms with E-state index < -0.39 is 23.8 Å². The third-order valence-corrected chi connectivity index (χ3v) is 8.94. The first-order valence-electron chi connectivity index (χ1n) is 15.5. The van der Waals surface area contributed by atoms with E-state index in [2.05, 4.69) is 30.9 Å². The molecule has 0 bridgehead atoms. The Morgan fingerprint density at radius 3 is 2.52 bits per heavy atom. The van der Waals surface area contributed by atoms with Gasteiger partial charge in [-0.2, -0.15) is 13.2 Å². The molecular weight excluding hydrogens is 601 g/mol. The second kappa shape index (κ2) is 13.4. The summed E-state index contributed by atoms with van der Waals surface area (Å²) >= 11 is 0. The van der Waals surface area contributed by atoms with Crippen molar-refractivity contribution in [1.82, 2.24) is 40.4 Å². The Bertz CT molecular complexity index is 1610. The molecule has 1 aliphatic carbocycles. The van der Waals surface area contributed by atoms with Gasteiger partial charge in [0.05, 0.1) is 18.1 Å². The number of alkyl halides is 3. The Morgan fingerprint density at radius 2 is 1.80 bits per heavy atom. The minimum atomic E-state index is -5.18. The van der Waals surface area contributed by atoms with Crippen molar-refractivity contribution in [2.45, 2.75) is 68.8 Å². The number of hydrogen-bond donors (Lipinski definition) is 2. The van der Waals surface area contributed by atoms with Crippen LogP contribution in [0.15, 0.2) is 67.0 Å². The van der Waals surface area contributed by atoms with Gasteiger partial charge in [-0.05, 0) is 48.1 Å². The zero-order valence-corrected chi connectivity index (χ0v) is 25.1. The van der Waals surface area contributed by atoms with Crippen molar-refractivity contribution in [1.29, 1.82) is 0 Å². The Labute approximate surface area is 263 Å². The molecule has 14 heteroatoms. The van der Waals surface area contributed by atoms with Crippen molar-refractivity contribution < 1.29 is 27.5 Å². The molecule has 2 aromatic heterocycles. The topological polar surface area (TPSA) is 131 Å². The zero-order valence-electron chi connectivity index (χ0n) is 25.1. The number of hydrogen-bond acceptors (Lipinski definition) is 8. The number of tetrazole rings is 1. The number of carbonyl (C=O) groups is 2. The van der Waals surface area contributed by atoms with Crippen LogP contribution in [0, 0.1) is 0 Å². The van der Waals surface area contributed by atoms with Crippen LogP contribution in [0.1, 0.15) is 60.0 Å². The first-order chi connectivity index (χ1) is 22.2. The number of H-pyrrole nitrogens is 1. The lowest BCUT2D eigenvalue weighted by atomic mass is 9.76. The predicted octanol–water partition coefficient (Wildman–Crippen LogP) is 4.31. The number of carbonyl (C=O) groups excluding carboxylic acids is 2. The molecule has 2 fully saturated rings. The van der Waals surface area contributed by atoms with Gasteiger partial charge in [-0.25, -0.2) is 14.9 Å². The zero-order chi connectivity index (χ0) is 32.1. The molecule has 1 saturated heterocycles. The standard InChI is InChI=1S/C32H35F3N8O3/c33-32(34,35)30(45)46-31(16-14-26-38-40-41-39-26)15-8-7-13-25(31)43-21-37-27(28(43)23-11-5-2-6-12-23)29(44)42-18-17-36-20-24(42)19-22-9-3-1-4-10-22/h1-6,9-12,21,24-25,36H,7-8,13-20H2,(H,38,39,40,41)/t24-,25-,31-/m1/s1. The van der Waals surface area contributed by atoms with Gasteiger partial charge in [0.25, 0.3) is 5.91 Å². The molecule has 2 aromatic carbocycles. The van der Waals surface area contributed by atoms with Crippen LogP contribution < -0.4 is 5.32 Å². The minimum Gasteiger partial charge on any atom is -0.450 e. The third-order valence-electron chi connectivity index (χ3n) is 8.94. The SMILES string of the molecule is O=C(c1ncn([C@@H]2CCCC[C@]2(CCc2nnn[nH]2)OC(=O)C(F)(F)F)c1-c1ccccc1)N1CCNC[C@H]1Cc1ccccc1. The number of aromatic amines is 1. The highest BCUT2D eigenvalue weighted by atomic mass is 19.4. The van der Waals surface area contributed by atoms with Gasteiger partial charge >= 0.3 is 12.1 Å². The van der Waals surface area contributed by atoms with E-state index in [0.29, 0.717) is 62.4 Å². The molecule has 3 heterocycles.